The number of azide groups is 1. The van der Waals surface area contributed by atoms with Crippen LogP contribution in [0.3, 0.4) is 0 Å². The summed E-state index contributed by atoms with van der Waals surface area (Å²) in [5.74, 6) is -3.41. The first kappa shape index (κ1) is 73.8. The molecular weight excluding hydrogens is 1190 g/mol. The van der Waals surface area contributed by atoms with Gasteiger partial charge in [0, 0.05) is 95.2 Å². The molecule has 3 heterocycles. The molecule has 92 heavy (non-hydrogen) atoms. The van der Waals surface area contributed by atoms with Gasteiger partial charge in [-0.15, -0.1) is 10.2 Å². The van der Waals surface area contributed by atoms with Gasteiger partial charge in [-0.2, -0.15) is 0 Å². The number of aromatic nitrogens is 4. The molecule has 0 radical (unpaired) electrons. The predicted molar refractivity (Wildman–Crippen MR) is 339 cm³/mol. The third kappa shape index (κ3) is 26.5. The van der Waals surface area contributed by atoms with Crippen molar-refractivity contribution in [1.82, 2.24) is 56.1 Å². The van der Waals surface area contributed by atoms with Gasteiger partial charge in [-0.05, 0) is 86.2 Å². The summed E-state index contributed by atoms with van der Waals surface area (Å²) in [5.41, 5.74) is 24.3. The van der Waals surface area contributed by atoms with E-state index in [2.05, 4.69) is 92.8 Å². The molecule has 8 amide bonds. The molecule has 0 bridgehead atoms. The number of benzene rings is 2. The largest absolute Gasteiger partial charge is 0.481 e. The Hall–Kier alpha value is -8.90. The Morgan fingerprint density at radius 3 is 1.99 bits per heavy atom. The minimum Gasteiger partial charge on any atom is -0.481 e. The Balaban J connectivity index is 1.06. The highest BCUT2D eigenvalue weighted by atomic mass is 16.6. The first-order valence-electron chi connectivity index (χ1n) is 31.2. The highest BCUT2D eigenvalue weighted by molar-refractivity contribution is 5.99. The van der Waals surface area contributed by atoms with Crippen LogP contribution in [0.5, 0.6) is 5.88 Å². The summed E-state index contributed by atoms with van der Waals surface area (Å²) in [7, 11) is 0. The average Bonchev–Trinajstić information content (AvgIpc) is 1.64. The van der Waals surface area contributed by atoms with Gasteiger partial charge in [-0.25, -0.2) is 14.6 Å². The van der Waals surface area contributed by atoms with Crippen LogP contribution >= 0.6 is 0 Å². The molecule has 31 nitrogen and oxygen atoms in total. The second-order valence-electron chi connectivity index (χ2n) is 22.6. The average molecular weight is 1290 g/mol. The molecule has 31 heteroatoms. The molecule has 504 valence electrons. The van der Waals surface area contributed by atoms with E-state index >= 15 is 0 Å². The number of carbonyl (C=O) groups excluding carboxylic acids is 7. The standard InChI is InChI=1S/C61H91N17O14/c1-6-7-11-48-71-53-54(59(92-41(4)5)74-73-55(53)62)78(48)38-43-16-14-42(15-17-43)37-76-27-29-77(30-28-76)61(87)91-39-44-18-20-45(21-19-44)68-56(83)46(10-9-24-66-60(63)86)70-58(85)52(40(2)3)72-57(84)47(22-23-51(81)82)69-50(80)13-8-12-49(79)65-25-31-88-33-35-90-36-34-89-32-26-67-75-64/h14-21,40-41,46-47,52H,6-13,22-39H2,1-5H3,(H2,62,73)(H,65,79)(H,68,83)(H,69,80)(H,70,85)(H,72,84)(H,81,82)(H3,63,66,86)/t46-,47-,52-/m0/s1. The van der Waals surface area contributed by atoms with E-state index in [1.165, 1.54) is 0 Å². The number of ether oxygens (including phenoxy) is 5. The fourth-order valence-corrected chi connectivity index (χ4v) is 9.61. The summed E-state index contributed by atoms with van der Waals surface area (Å²) >= 11 is 0. The lowest BCUT2D eigenvalue weighted by molar-refractivity contribution is -0.138. The molecule has 3 atom stereocenters. The van der Waals surface area contributed by atoms with Crippen molar-refractivity contribution in [2.24, 2.45) is 16.8 Å². The maximum atomic E-state index is 14.0. The zero-order valence-corrected chi connectivity index (χ0v) is 53.3. The molecule has 1 fully saturated rings. The van der Waals surface area contributed by atoms with Gasteiger partial charge in [-0.1, -0.05) is 68.7 Å². The number of urea groups is 1. The lowest BCUT2D eigenvalue weighted by Crippen LogP contribution is -2.57. The maximum absolute atomic E-state index is 14.0. The number of carbonyl (C=O) groups is 8. The van der Waals surface area contributed by atoms with E-state index in [-0.39, 0.29) is 95.8 Å². The van der Waals surface area contributed by atoms with Gasteiger partial charge in [0.05, 0.1) is 45.7 Å². The summed E-state index contributed by atoms with van der Waals surface area (Å²) in [6.45, 7) is 15.1. The number of anilines is 2. The molecule has 2 aromatic heterocycles. The summed E-state index contributed by atoms with van der Waals surface area (Å²) in [6, 6.07) is 10.4. The van der Waals surface area contributed by atoms with Crippen molar-refractivity contribution in [2.75, 3.05) is 96.5 Å². The van der Waals surface area contributed by atoms with Crippen LogP contribution in [0.15, 0.2) is 53.6 Å². The second-order valence-corrected chi connectivity index (χ2v) is 22.6. The number of fused-ring (bicyclic) bond motifs is 1. The zero-order chi connectivity index (χ0) is 66.8. The van der Waals surface area contributed by atoms with E-state index < -0.39 is 72.2 Å². The Bertz CT molecular complexity index is 3060. The van der Waals surface area contributed by atoms with Gasteiger partial charge in [0.2, 0.25) is 29.5 Å². The van der Waals surface area contributed by atoms with Crippen LogP contribution in [0.4, 0.5) is 21.1 Å². The summed E-state index contributed by atoms with van der Waals surface area (Å²) in [4.78, 5) is 115. The van der Waals surface area contributed by atoms with Gasteiger partial charge in [-0.3, -0.25) is 33.7 Å². The van der Waals surface area contributed by atoms with E-state index in [4.69, 9.17) is 45.7 Å². The SMILES string of the molecule is CCCCc1nc2c(N)nnc(OC(C)C)c2n1Cc1ccc(CN2CCN(C(=O)OCc3ccc(NC(=O)[C@H](CCCNC(N)=O)NC(=O)[C@@H](NC(=O)[C@H](CCC(=O)O)NC(=O)CCCC(=O)NCCOCCOCCOCCN=[N+]=[N-])C(C)C)cc3)CC2)cc1. The molecule has 0 aliphatic carbocycles. The van der Waals surface area contributed by atoms with Gasteiger partial charge in [0.25, 0.3) is 5.88 Å². The van der Waals surface area contributed by atoms with Crippen molar-refractivity contribution in [3.63, 3.8) is 0 Å². The van der Waals surface area contributed by atoms with Crippen LogP contribution in [-0.4, -0.2) is 192 Å². The van der Waals surface area contributed by atoms with E-state index in [1.54, 1.807) is 43.0 Å². The van der Waals surface area contributed by atoms with Crippen molar-refractivity contribution in [3.05, 3.63) is 81.5 Å². The van der Waals surface area contributed by atoms with E-state index in [0.717, 1.165) is 41.7 Å². The van der Waals surface area contributed by atoms with E-state index in [9.17, 15) is 43.5 Å². The number of hydrogen-bond donors (Lipinski definition) is 9. The van der Waals surface area contributed by atoms with Crippen LogP contribution in [-0.2, 0) is 73.8 Å². The van der Waals surface area contributed by atoms with Crippen LogP contribution in [0.1, 0.15) is 115 Å². The Morgan fingerprint density at radius 1 is 0.707 bits per heavy atom. The number of aryl methyl sites for hydroxylation is 1. The fraction of sp³-hybridized carbons (Fsp3) is 0.590. The fourth-order valence-electron chi connectivity index (χ4n) is 9.61. The van der Waals surface area contributed by atoms with Crippen molar-refractivity contribution < 1.29 is 67.1 Å². The third-order valence-corrected chi connectivity index (χ3v) is 14.5. The third-order valence-electron chi connectivity index (χ3n) is 14.5. The Morgan fingerprint density at radius 2 is 1.35 bits per heavy atom. The van der Waals surface area contributed by atoms with Crippen molar-refractivity contribution in [1.29, 1.82) is 0 Å². The van der Waals surface area contributed by atoms with Gasteiger partial charge >= 0.3 is 18.1 Å². The number of primary amides is 1. The lowest BCUT2D eigenvalue weighted by Gasteiger charge is -2.34. The maximum Gasteiger partial charge on any atom is 0.410 e. The number of rotatable bonds is 42. The molecule has 1 aliphatic rings. The minimum atomic E-state index is -1.37. The van der Waals surface area contributed by atoms with Gasteiger partial charge in [0.15, 0.2) is 5.82 Å². The van der Waals surface area contributed by atoms with Gasteiger partial charge in [0.1, 0.15) is 41.6 Å². The highest BCUT2D eigenvalue weighted by Gasteiger charge is 2.32. The first-order valence-corrected chi connectivity index (χ1v) is 31.2. The molecule has 0 spiro atoms. The number of imidazole rings is 1. The minimum absolute atomic E-state index is 0.0205. The molecule has 0 unspecified atom stereocenters. The molecule has 5 rings (SSSR count). The summed E-state index contributed by atoms with van der Waals surface area (Å²) in [5, 5.41) is 37.0. The van der Waals surface area contributed by atoms with Gasteiger partial charge < -0.3 is 81.6 Å². The Labute approximate surface area is 535 Å². The number of carboxylic acid groups (broad SMARTS) is 1. The second kappa shape index (κ2) is 40.1. The van der Waals surface area contributed by atoms with Crippen LogP contribution < -0.4 is 48.1 Å². The van der Waals surface area contributed by atoms with E-state index in [1.807, 2.05) is 13.8 Å². The number of nitrogens with zero attached hydrogens (tertiary/aromatic N) is 9. The number of aliphatic carboxylic acids is 1. The monoisotopic (exact) mass is 1290 g/mol. The number of piperazine rings is 1. The van der Waals surface area contributed by atoms with Crippen molar-refractivity contribution in [2.45, 2.75) is 143 Å². The molecule has 11 N–H and O–H groups in total. The van der Waals surface area contributed by atoms with Crippen LogP contribution in [0.25, 0.3) is 21.5 Å². The van der Waals surface area contributed by atoms with Crippen molar-refractivity contribution in [3.8, 4) is 5.88 Å². The molecular formula is C61H91N17O14. The number of carboxylic acids is 1. The topological polar surface area (TPSA) is 426 Å². The first-order chi connectivity index (χ1) is 44.2. The summed E-state index contributed by atoms with van der Waals surface area (Å²) < 4.78 is 29.9. The number of nitrogens with one attached hydrogen (secondary N) is 6. The molecule has 1 aliphatic heterocycles. The van der Waals surface area contributed by atoms with Crippen LogP contribution in [0, 0.1) is 5.92 Å². The number of unbranched alkanes of at least 4 members (excludes halogenated alkanes) is 1. The van der Waals surface area contributed by atoms with E-state index in [0.29, 0.717) is 88.3 Å². The highest BCUT2D eigenvalue weighted by Crippen LogP contribution is 2.30. The molecule has 4 aromatic rings. The number of hydrogen-bond acceptors (Lipinski definition) is 19. The normalized spacial score (nSPS) is 13.4. The lowest BCUT2D eigenvalue weighted by atomic mass is 10.0. The number of nitrogens with two attached hydrogens (primary N) is 2. The number of nitrogen functional groups attached to an aromatic ring is 1. The smallest absolute Gasteiger partial charge is 0.410 e. The predicted octanol–water partition coefficient (Wildman–Crippen LogP) is 4.05. The summed E-state index contributed by atoms with van der Waals surface area (Å²) in [6.07, 6.45) is 1.53. The van der Waals surface area contributed by atoms with Crippen LogP contribution in [0.2, 0.25) is 0 Å². The van der Waals surface area contributed by atoms with Crippen molar-refractivity contribution >= 4 is 70.2 Å². The molecule has 1 saturated heterocycles. The molecule has 0 saturated carbocycles. The molecule has 2 aromatic carbocycles. The Kier molecular flexibility index (Phi) is 32.2. The zero-order valence-electron chi connectivity index (χ0n) is 53.3. The quantitative estimate of drug-likeness (QED) is 0.0131. The number of amides is 8.